The molecule has 0 unspecified atom stereocenters. The Morgan fingerprint density at radius 1 is 1.19 bits per heavy atom. The number of hydrogen-bond acceptors (Lipinski definition) is 3. The molecule has 0 fully saturated rings. The van der Waals surface area contributed by atoms with Gasteiger partial charge < -0.3 is 15.2 Å². The highest BCUT2D eigenvalue weighted by molar-refractivity contribution is 9.11. The van der Waals surface area contributed by atoms with E-state index in [4.69, 9.17) is 16.3 Å². The maximum atomic E-state index is 9.69. The lowest BCUT2D eigenvalue weighted by Gasteiger charge is -2.11. The number of benzene rings is 2. The molecule has 0 aromatic heterocycles. The highest BCUT2D eigenvalue weighted by Crippen LogP contribution is 2.34. The van der Waals surface area contributed by atoms with E-state index in [0.29, 0.717) is 32.9 Å². The van der Waals surface area contributed by atoms with E-state index in [1.54, 1.807) is 0 Å². The van der Waals surface area contributed by atoms with E-state index in [9.17, 15) is 5.11 Å². The van der Waals surface area contributed by atoms with Gasteiger partial charge in [-0.15, -0.1) is 0 Å². The summed E-state index contributed by atoms with van der Waals surface area (Å²) < 4.78 is 6.70. The second-order valence-electron chi connectivity index (χ2n) is 4.34. The van der Waals surface area contributed by atoms with Gasteiger partial charge >= 0.3 is 0 Å². The molecule has 21 heavy (non-hydrogen) atoms. The molecule has 2 aromatic rings. The van der Waals surface area contributed by atoms with Crippen LogP contribution in [0, 0.1) is 0 Å². The molecule has 2 rings (SSSR count). The smallest absolute Gasteiger partial charge is 0.143 e. The van der Waals surface area contributed by atoms with Crippen molar-refractivity contribution in [3.05, 3.63) is 49.9 Å². The molecule has 0 heterocycles. The fourth-order valence-corrected chi connectivity index (χ4v) is 3.32. The van der Waals surface area contributed by atoms with Gasteiger partial charge in [-0.25, -0.2) is 0 Å². The van der Waals surface area contributed by atoms with E-state index < -0.39 is 0 Å². The van der Waals surface area contributed by atoms with E-state index in [-0.39, 0.29) is 5.75 Å². The summed E-state index contributed by atoms with van der Waals surface area (Å²) in [5, 5.41) is 13.5. The lowest BCUT2D eigenvalue weighted by molar-refractivity contribution is 0.340. The van der Waals surface area contributed by atoms with Crippen molar-refractivity contribution in [3.8, 4) is 11.5 Å². The van der Waals surface area contributed by atoms with Gasteiger partial charge in [0.05, 0.1) is 20.6 Å². The van der Waals surface area contributed by atoms with E-state index in [0.717, 1.165) is 11.3 Å². The van der Waals surface area contributed by atoms with Crippen molar-refractivity contribution in [2.45, 2.75) is 13.5 Å². The Labute approximate surface area is 145 Å². The standard InChI is InChI=1S/C15H14Br2ClNO2/c1-2-21-14-4-3-10(7-13(14)18)19-8-9-5-11(16)15(20)12(17)6-9/h3-7,19-20H,2,8H2,1H3. The summed E-state index contributed by atoms with van der Waals surface area (Å²) >= 11 is 12.8. The predicted octanol–water partition coefficient (Wildman–Crippen LogP) is 5.58. The first kappa shape index (κ1) is 16.5. The number of rotatable bonds is 5. The molecule has 0 bridgehead atoms. The predicted molar refractivity (Wildman–Crippen MR) is 93.5 cm³/mol. The van der Waals surface area contributed by atoms with Crippen LogP contribution in [0.15, 0.2) is 39.3 Å². The van der Waals surface area contributed by atoms with Gasteiger partial charge in [0.1, 0.15) is 11.5 Å². The van der Waals surface area contributed by atoms with Gasteiger partial charge in [-0.1, -0.05) is 11.6 Å². The molecule has 0 saturated carbocycles. The van der Waals surface area contributed by atoms with Gasteiger partial charge in [0.15, 0.2) is 0 Å². The summed E-state index contributed by atoms with van der Waals surface area (Å²) in [5.41, 5.74) is 1.93. The van der Waals surface area contributed by atoms with Crippen LogP contribution < -0.4 is 10.1 Å². The van der Waals surface area contributed by atoms with Crippen LogP contribution in [0.3, 0.4) is 0 Å². The van der Waals surface area contributed by atoms with Crippen LogP contribution in [-0.2, 0) is 6.54 Å². The third kappa shape index (κ3) is 4.28. The first-order chi connectivity index (χ1) is 10.0. The van der Waals surface area contributed by atoms with Crippen LogP contribution >= 0.6 is 43.5 Å². The average Bonchev–Trinajstić information content (AvgIpc) is 2.45. The summed E-state index contributed by atoms with van der Waals surface area (Å²) in [7, 11) is 0. The summed E-state index contributed by atoms with van der Waals surface area (Å²) in [6, 6.07) is 9.32. The Morgan fingerprint density at radius 2 is 1.86 bits per heavy atom. The van der Waals surface area contributed by atoms with Gasteiger partial charge in [0.25, 0.3) is 0 Å². The van der Waals surface area contributed by atoms with E-state index in [1.165, 1.54) is 0 Å². The number of hydrogen-bond donors (Lipinski definition) is 2. The first-order valence-corrected chi connectivity index (χ1v) is 8.30. The topological polar surface area (TPSA) is 41.5 Å². The third-order valence-corrected chi connectivity index (χ3v) is 4.31. The zero-order valence-electron chi connectivity index (χ0n) is 11.3. The van der Waals surface area contributed by atoms with Crippen molar-refractivity contribution in [1.82, 2.24) is 0 Å². The number of anilines is 1. The highest BCUT2D eigenvalue weighted by Gasteiger charge is 2.07. The third-order valence-electron chi connectivity index (χ3n) is 2.81. The normalized spacial score (nSPS) is 10.5. The van der Waals surface area contributed by atoms with Crippen LogP contribution in [0.5, 0.6) is 11.5 Å². The second kappa shape index (κ2) is 7.38. The Kier molecular flexibility index (Phi) is 5.79. The molecule has 0 aliphatic carbocycles. The van der Waals surface area contributed by atoms with Crippen molar-refractivity contribution < 1.29 is 9.84 Å². The lowest BCUT2D eigenvalue weighted by Crippen LogP contribution is -2.00. The van der Waals surface area contributed by atoms with E-state index in [2.05, 4.69) is 37.2 Å². The highest BCUT2D eigenvalue weighted by atomic mass is 79.9. The van der Waals surface area contributed by atoms with Crippen molar-refractivity contribution in [2.24, 2.45) is 0 Å². The van der Waals surface area contributed by atoms with Crippen LogP contribution in [-0.4, -0.2) is 11.7 Å². The van der Waals surface area contributed by atoms with Crippen LogP contribution in [0.25, 0.3) is 0 Å². The molecular formula is C15H14Br2ClNO2. The summed E-state index contributed by atoms with van der Waals surface area (Å²) in [5.74, 6) is 0.878. The molecular weight excluding hydrogens is 421 g/mol. The quantitative estimate of drug-likeness (QED) is 0.644. The SMILES string of the molecule is CCOc1ccc(NCc2cc(Br)c(O)c(Br)c2)cc1Cl. The van der Waals surface area contributed by atoms with Crippen molar-refractivity contribution >= 4 is 49.1 Å². The molecule has 0 amide bonds. The maximum Gasteiger partial charge on any atom is 0.143 e. The number of ether oxygens (including phenoxy) is 1. The summed E-state index contributed by atoms with van der Waals surface area (Å²) in [6.07, 6.45) is 0. The minimum Gasteiger partial charge on any atom is -0.506 e. The largest absolute Gasteiger partial charge is 0.506 e. The molecule has 0 atom stereocenters. The maximum absolute atomic E-state index is 9.69. The molecule has 0 aliphatic rings. The molecule has 2 aromatic carbocycles. The number of nitrogens with one attached hydrogen (secondary N) is 1. The molecule has 0 saturated heterocycles. The molecule has 0 aliphatic heterocycles. The fraction of sp³-hybridized carbons (Fsp3) is 0.200. The van der Waals surface area contributed by atoms with Crippen LogP contribution in [0.4, 0.5) is 5.69 Å². The minimum absolute atomic E-state index is 0.197. The zero-order chi connectivity index (χ0) is 15.4. The van der Waals surface area contributed by atoms with Crippen molar-refractivity contribution in [2.75, 3.05) is 11.9 Å². The van der Waals surface area contributed by atoms with E-state index in [1.807, 2.05) is 37.3 Å². The molecule has 0 spiro atoms. The van der Waals surface area contributed by atoms with Crippen molar-refractivity contribution in [1.29, 1.82) is 0 Å². The van der Waals surface area contributed by atoms with E-state index >= 15 is 0 Å². The van der Waals surface area contributed by atoms with Gasteiger partial charge in [-0.3, -0.25) is 0 Å². The van der Waals surface area contributed by atoms with Gasteiger partial charge in [0, 0.05) is 12.2 Å². The fourth-order valence-electron chi connectivity index (χ4n) is 1.81. The van der Waals surface area contributed by atoms with Gasteiger partial charge in [0.2, 0.25) is 0 Å². The Morgan fingerprint density at radius 3 is 2.43 bits per heavy atom. The van der Waals surface area contributed by atoms with Crippen LogP contribution in [0.2, 0.25) is 5.02 Å². The molecule has 6 heteroatoms. The van der Waals surface area contributed by atoms with Gasteiger partial charge in [-0.05, 0) is 74.7 Å². The summed E-state index contributed by atoms with van der Waals surface area (Å²) in [4.78, 5) is 0. The summed E-state index contributed by atoms with van der Waals surface area (Å²) in [6.45, 7) is 3.12. The van der Waals surface area contributed by atoms with Crippen molar-refractivity contribution in [3.63, 3.8) is 0 Å². The first-order valence-electron chi connectivity index (χ1n) is 6.34. The monoisotopic (exact) mass is 433 g/mol. The molecule has 2 N–H and O–H groups in total. The lowest BCUT2D eigenvalue weighted by atomic mass is 10.2. The zero-order valence-corrected chi connectivity index (χ0v) is 15.2. The molecule has 0 radical (unpaired) electrons. The van der Waals surface area contributed by atoms with Crippen LogP contribution in [0.1, 0.15) is 12.5 Å². The minimum atomic E-state index is 0.197. The molecule has 3 nitrogen and oxygen atoms in total. The average molecular weight is 436 g/mol. The Hall–Kier alpha value is -0.910. The number of aromatic hydroxyl groups is 1. The number of phenols is 1. The second-order valence-corrected chi connectivity index (χ2v) is 6.46. The van der Waals surface area contributed by atoms with Gasteiger partial charge in [-0.2, -0.15) is 0 Å². The Balaban J connectivity index is 2.08. The number of phenolic OH excluding ortho intramolecular Hbond substituents is 1. The number of halogens is 3. The Bertz CT molecular complexity index is 627. The molecule has 112 valence electrons.